The second kappa shape index (κ2) is 24.0. The number of fused-ring (bicyclic) bond motifs is 4. The number of carbonyl (C=O) groups is 2. The number of nitrogen functional groups attached to an aromatic ring is 2. The lowest BCUT2D eigenvalue weighted by Gasteiger charge is -2.12. The molecule has 12 nitrogen and oxygen atoms in total. The summed E-state index contributed by atoms with van der Waals surface area (Å²) in [7, 11) is 0. The molecular formula is C66H68N8O4+2. The van der Waals surface area contributed by atoms with E-state index in [0.29, 0.717) is 37.4 Å². The van der Waals surface area contributed by atoms with Gasteiger partial charge in [0.05, 0.1) is 25.3 Å². The van der Waals surface area contributed by atoms with Gasteiger partial charge in [0.25, 0.3) is 11.8 Å². The van der Waals surface area contributed by atoms with Crippen molar-refractivity contribution < 1.29 is 28.2 Å². The summed E-state index contributed by atoms with van der Waals surface area (Å²) >= 11 is 0. The number of rotatable bonds is 21. The first-order chi connectivity index (χ1) is 38.0. The van der Waals surface area contributed by atoms with Gasteiger partial charge >= 0.3 is 0 Å². The van der Waals surface area contributed by atoms with E-state index < -0.39 is 0 Å². The third-order valence-electron chi connectivity index (χ3n) is 14.6. The second-order valence-corrected chi connectivity index (χ2v) is 20.4. The highest BCUT2D eigenvalue weighted by Crippen LogP contribution is 2.30. The Morgan fingerprint density at radius 2 is 0.769 bits per heavy atom. The van der Waals surface area contributed by atoms with Crippen molar-refractivity contribution >= 4 is 67.3 Å². The van der Waals surface area contributed by atoms with Crippen molar-refractivity contribution in [1.29, 1.82) is 0 Å². The van der Waals surface area contributed by atoms with Crippen molar-refractivity contribution in [3.63, 3.8) is 0 Å². The molecule has 78 heavy (non-hydrogen) atoms. The molecule has 0 saturated heterocycles. The SMILES string of the molecule is Cc1cc2nc3cc(C)c(OCCCCCCNC(=O)c4ccc(-c5ccc(C(=O)NCCCCCCOc6cc7c(cc6C)nc6cc(C)c(N)cc6[n+]7-c6ccccc6)cc5)cc4)cc3[n+](-c3ccccc3)c2cc1N. The van der Waals surface area contributed by atoms with E-state index in [1.54, 1.807) is 0 Å². The summed E-state index contributed by atoms with van der Waals surface area (Å²) in [5.74, 6) is 1.49. The third-order valence-corrected chi connectivity index (χ3v) is 14.6. The molecule has 394 valence electrons. The number of benzene rings is 8. The number of nitrogens with one attached hydrogen (secondary N) is 2. The topological polar surface area (TPSA) is 162 Å². The number of nitrogens with two attached hydrogens (primary N) is 2. The minimum absolute atomic E-state index is 0.0909. The predicted octanol–water partition coefficient (Wildman–Crippen LogP) is 12.4. The molecule has 2 amide bonds. The summed E-state index contributed by atoms with van der Waals surface area (Å²) < 4.78 is 17.1. The van der Waals surface area contributed by atoms with Crippen LogP contribution in [0.1, 0.15) is 94.3 Å². The molecule has 0 aliphatic rings. The summed E-state index contributed by atoms with van der Waals surface area (Å²) in [6.07, 6.45) is 7.50. The average Bonchev–Trinajstić information content (AvgIpc) is 3.65. The van der Waals surface area contributed by atoms with E-state index in [2.05, 4.69) is 82.1 Å². The Balaban J connectivity index is 0.622. The van der Waals surface area contributed by atoms with Crippen molar-refractivity contribution in [2.75, 3.05) is 37.8 Å². The van der Waals surface area contributed by atoms with Gasteiger partial charge in [0.15, 0.2) is 0 Å². The smallest absolute Gasteiger partial charge is 0.251 e. The number of aromatic nitrogens is 4. The molecule has 12 heteroatoms. The first kappa shape index (κ1) is 52.5. The van der Waals surface area contributed by atoms with Crippen LogP contribution in [0.4, 0.5) is 11.4 Å². The van der Waals surface area contributed by atoms with Crippen LogP contribution in [0.2, 0.25) is 0 Å². The maximum Gasteiger partial charge on any atom is 0.251 e. The van der Waals surface area contributed by atoms with Gasteiger partial charge in [-0.1, -0.05) is 86.3 Å². The van der Waals surface area contributed by atoms with E-state index in [1.807, 2.05) is 123 Å². The number of hydrogen-bond donors (Lipinski definition) is 4. The van der Waals surface area contributed by atoms with Crippen LogP contribution in [0.5, 0.6) is 11.5 Å². The lowest BCUT2D eigenvalue weighted by molar-refractivity contribution is -0.538. The fourth-order valence-corrected chi connectivity index (χ4v) is 10.1. The number of aryl methyl sites for hydroxylation is 4. The monoisotopic (exact) mass is 1040 g/mol. The van der Waals surface area contributed by atoms with Crippen molar-refractivity contribution in [2.45, 2.75) is 79.1 Å². The van der Waals surface area contributed by atoms with E-state index in [0.717, 1.165) is 163 Å². The molecule has 0 fully saturated rings. The molecule has 0 radical (unpaired) electrons. The van der Waals surface area contributed by atoms with Crippen LogP contribution in [0.25, 0.3) is 66.6 Å². The van der Waals surface area contributed by atoms with Crippen molar-refractivity contribution in [3.8, 4) is 34.0 Å². The van der Waals surface area contributed by atoms with Crippen molar-refractivity contribution in [1.82, 2.24) is 20.6 Å². The molecular weight excluding hydrogens is 969 g/mol. The largest absolute Gasteiger partial charge is 0.493 e. The Bertz CT molecular complexity index is 3540. The van der Waals surface area contributed by atoms with Crippen LogP contribution in [-0.2, 0) is 0 Å². The molecule has 2 heterocycles. The predicted molar refractivity (Wildman–Crippen MR) is 314 cm³/mol. The number of unbranched alkanes of at least 4 members (excludes halogenated alkanes) is 6. The number of para-hydroxylation sites is 2. The molecule has 0 atom stereocenters. The average molecular weight is 1040 g/mol. The van der Waals surface area contributed by atoms with Gasteiger partial charge in [-0.05, 0) is 135 Å². The van der Waals surface area contributed by atoms with E-state index in [9.17, 15) is 9.59 Å². The molecule has 0 aliphatic carbocycles. The van der Waals surface area contributed by atoms with Gasteiger partial charge in [0, 0.05) is 72.0 Å². The number of hydrogen-bond acceptors (Lipinski definition) is 8. The van der Waals surface area contributed by atoms with E-state index in [1.165, 1.54) is 0 Å². The minimum atomic E-state index is -0.0909. The highest BCUT2D eigenvalue weighted by Gasteiger charge is 2.24. The molecule has 8 aromatic carbocycles. The molecule has 10 rings (SSSR count). The number of ether oxygens (including phenoxy) is 2. The molecule has 2 aromatic heterocycles. The van der Waals surface area contributed by atoms with Gasteiger partial charge in [0.2, 0.25) is 33.4 Å². The summed E-state index contributed by atoms with van der Waals surface area (Å²) in [5.41, 5.74) is 30.9. The number of amides is 2. The summed E-state index contributed by atoms with van der Waals surface area (Å²) in [6.45, 7) is 10.5. The first-order valence-electron chi connectivity index (χ1n) is 27.2. The lowest BCUT2D eigenvalue weighted by atomic mass is 10.0. The fraction of sp³-hybridized carbons (Fsp3) is 0.242. The zero-order chi connectivity index (χ0) is 54.1. The van der Waals surface area contributed by atoms with Crippen molar-refractivity contribution in [3.05, 3.63) is 191 Å². The van der Waals surface area contributed by atoms with Gasteiger partial charge in [-0.25, -0.2) is 9.97 Å². The summed E-state index contributed by atoms with van der Waals surface area (Å²) in [4.78, 5) is 36.1. The van der Waals surface area contributed by atoms with Crippen molar-refractivity contribution in [2.24, 2.45) is 0 Å². The molecule has 0 spiro atoms. The molecule has 0 saturated carbocycles. The number of nitrogens with zero attached hydrogens (tertiary/aromatic N) is 4. The van der Waals surface area contributed by atoms with E-state index >= 15 is 0 Å². The Morgan fingerprint density at radius 1 is 0.423 bits per heavy atom. The Morgan fingerprint density at radius 3 is 1.15 bits per heavy atom. The highest BCUT2D eigenvalue weighted by atomic mass is 16.5. The molecule has 0 aliphatic heterocycles. The maximum absolute atomic E-state index is 13.0. The Hall–Kier alpha value is -8.90. The molecule has 0 bridgehead atoms. The van der Waals surface area contributed by atoms with E-state index in [-0.39, 0.29) is 11.8 Å². The van der Waals surface area contributed by atoms with Gasteiger partial charge in [-0.2, -0.15) is 0 Å². The van der Waals surface area contributed by atoms with Crippen LogP contribution in [-0.4, -0.2) is 48.1 Å². The standard InChI is InChI=1S/C66H66N8O4/c1-43-35-55-59(39-53(43)67)73(51-19-11-9-12-20-51)61-41-63(45(3)37-57(61)71-55)77-33-17-7-5-15-31-69-65(75)49-27-23-47(24-28-49)48-25-29-50(30-26-48)66(76)70-32-16-6-8-18-34-78-64-42-62-58(38-46(64)4)72-56-36-44(2)54(68)40-60(56)74(62)52-21-13-10-14-22-52/h9-14,19-30,35-42,67-68H,5-8,15-18,31-34H2,1-4H3,(H2,69,70,75,76)/p+2. The number of anilines is 2. The summed E-state index contributed by atoms with van der Waals surface area (Å²) in [6, 6.07) is 52.2. The van der Waals surface area contributed by atoms with Gasteiger partial charge in [-0.3, -0.25) is 9.59 Å². The van der Waals surface area contributed by atoms with Crippen LogP contribution < -0.4 is 40.7 Å². The zero-order valence-corrected chi connectivity index (χ0v) is 45.1. The first-order valence-corrected chi connectivity index (χ1v) is 27.2. The quantitative estimate of drug-likeness (QED) is 0.0239. The van der Waals surface area contributed by atoms with Crippen LogP contribution >= 0.6 is 0 Å². The number of carbonyl (C=O) groups excluding carboxylic acids is 2. The molecule has 10 aromatic rings. The van der Waals surface area contributed by atoms with Crippen LogP contribution in [0.3, 0.4) is 0 Å². The zero-order valence-electron chi connectivity index (χ0n) is 45.1. The molecule has 0 unspecified atom stereocenters. The van der Waals surface area contributed by atoms with Gasteiger partial charge in [0.1, 0.15) is 33.6 Å². The maximum atomic E-state index is 13.0. The Labute approximate surface area is 456 Å². The Kier molecular flexibility index (Phi) is 16.1. The third kappa shape index (κ3) is 11.9. The fourth-order valence-electron chi connectivity index (χ4n) is 10.1. The lowest BCUT2D eigenvalue weighted by Crippen LogP contribution is -2.33. The highest BCUT2D eigenvalue weighted by molar-refractivity contribution is 5.96. The minimum Gasteiger partial charge on any atom is -0.493 e. The van der Waals surface area contributed by atoms with Gasteiger partial charge < -0.3 is 31.6 Å². The van der Waals surface area contributed by atoms with Gasteiger partial charge in [-0.15, -0.1) is 9.13 Å². The summed E-state index contributed by atoms with van der Waals surface area (Å²) in [5, 5.41) is 6.15. The molecule has 6 N–H and O–H groups in total. The van der Waals surface area contributed by atoms with E-state index in [4.69, 9.17) is 30.9 Å². The van der Waals surface area contributed by atoms with Crippen LogP contribution in [0, 0.1) is 27.7 Å². The normalized spacial score (nSPS) is 11.4. The second-order valence-electron chi connectivity index (χ2n) is 20.4. The van der Waals surface area contributed by atoms with Crippen LogP contribution in [0.15, 0.2) is 158 Å².